The third-order valence-corrected chi connectivity index (χ3v) is 3.77. The maximum Gasteiger partial charge on any atom is 0.313 e. The van der Waals surface area contributed by atoms with Gasteiger partial charge < -0.3 is 25.8 Å². The fourth-order valence-corrected chi connectivity index (χ4v) is 2.35. The van der Waals surface area contributed by atoms with Crippen LogP contribution in [0.2, 0.25) is 0 Å². The summed E-state index contributed by atoms with van der Waals surface area (Å²) >= 11 is 0. The summed E-state index contributed by atoms with van der Waals surface area (Å²) in [5, 5.41) is 16.7. The van der Waals surface area contributed by atoms with E-state index in [1.54, 1.807) is 37.4 Å². The lowest BCUT2D eigenvalue weighted by Gasteiger charge is -2.12. The zero-order valence-electron chi connectivity index (χ0n) is 15.7. The number of carbonyl (C=O) groups is 3. The molecule has 0 aromatic heterocycles. The van der Waals surface area contributed by atoms with Crippen LogP contribution in [0.5, 0.6) is 5.75 Å². The van der Waals surface area contributed by atoms with Gasteiger partial charge in [0.1, 0.15) is 5.75 Å². The molecular weight excluding hydrogens is 362 g/mol. The molecule has 28 heavy (non-hydrogen) atoms. The van der Waals surface area contributed by atoms with Crippen LogP contribution in [0.15, 0.2) is 48.5 Å². The van der Waals surface area contributed by atoms with Crippen LogP contribution >= 0.6 is 0 Å². The number of aliphatic hydroxyl groups is 1. The Morgan fingerprint density at radius 2 is 1.79 bits per heavy atom. The first-order valence-corrected chi connectivity index (χ1v) is 8.68. The smallest absolute Gasteiger partial charge is 0.313 e. The Kier molecular flexibility index (Phi) is 7.53. The summed E-state index contributed by atoms with van der Waals surface area (Å²) in [6.07, 6.45) is -0.772. The molecule has 8 nitrogen and oxygen atoms in total. The number of carbonyl (C=O) groups excluding carboxylic acids is 3. The van der Waals surface area contributed by atoms with Crippen LogP contribution in [-0.2, 0) is 16.1 Å². The average molecular weight is 385 g/mol. The zero-order valence-corrected chi connectivity index (χ0v) is 15.7. The summed E-state index contributed by atoms with van der Waals surface area (Å²) in [6.45, 7) is 1.71. The number of hydrogen-bond donors (Lipinski definition) is 4. The summed E-state index contributed by atoms with van der Waals surface area (Å²) in [6, 6.07) is 13.7. The second kappa shape index (κ2) is 10.1. The molecule has 0 unspecified atom stereocenters. The number of rotatable bonds is 7. The van der Waals surface area contributed by atoms with Gasteiger partial charge in [-0.05, 0) is 36.8 Å². The first-order chi connectivity index (χ1) is 13.4. The van der Waals surface area contributed by atoms with E-state index >= 15 is 0 Å². The highest BCUT2D eigenvalue weighted by Gasteiger charge is 2.18. The number of amides is 3. The van der Waals surface area contributed by atoms with E-state index in [2.05, 4.69) is 16.0 Å². The summed E-state index contributed by atoms with van der Waals surface area (Å²) in [5.41, 5.74) is 1.29. The van der Waals surface area contributed by atoms with E-state index in [9.17, 15) is 14.4 Å². The predicted molar refractivity (Wildman–Crippen MR) is 104 cm³/mol. The second-order valence-electron chi connectivity index (χ2n) is 6.09. The van der Waals surface area contributed by atoms with Crippen LogP contribution in [0, 0.1) is 0 Å². The molecule has 0 aliphatic heterocycles. The summed E-state index contributed by atoms with van der Waals surface area (Å²) in [7, 11) is 1.56. The first kappa shape index (κ1) is 20.9. The minimum Gasteiger partial charge on any atom is -0.497 e. The Labute approximate surface area is 162 Å². The van der Waals surface area contributed by atoms with Gasteiger partial charge in [-0.1, -0.05) is 24.3 Å². The number of aliphatic hydroxyl groups excluding tert-OH is 1. The van der Waals surface area contributed by atoms with Crippen LogP contribution in [0.25, 0.3) is 0 Å². The normalized spacial score (nSPS) is 11.2. The third kappa shape index (κ3) is 6.10. The van der Waals surface area contributed by atoms with E-state index in [1.807, 2.05) is 12.1 Å². The van der Waals surface area contributed by atoms with Crippen molar-refractivity contribution in [2.75, 3.05) is 19.0 Å². The van der Waals surface area contributed by atoms with Crippen LogP contribution in [0.4, 0.5) is 5.69 Å². The molecule has 0 heterocycles. The van der Waals surface area contributed by atoms with Gasteiger partial charge >= 0.3 is 11.8 Å². The molecule has 2 aromatic rings. The van der Waals surface area contributed by atoms with Crippen molar-refractivity contribution in [1.82, 2.24) is 10.6 Å². The minimum atomic E-state index is -0.923. The Hall–Kier alpha value is -3.39. The van der Waals surface area contributed by atoms with Gasteiger partial charge in [0, 0.05) is 13.1 Å². The lowest BCUT2D eigenvalue weighted by Crippen LogP contribution is -2.39. The van der Waals surface area contributed by atoms with Gasteiger partial charge in [-0.3, -0.25) is 14.4 Å². The molecule has 0 radical (unpaired) electrons. The summed E-state index contributed by atoms with van der Waals surface area (Å²) < 4.78 is 5.15. The zero-order chi connectivity index (χ0) is 20.5. The Morgan fingerprint density at radius 1 is 1.04 bits per heavy atom. The quantitative estimate of drug-likeness (QED) is 0.532. The molecule has 4 N–H and O–H groups in total. The van der Waals surface area contributed by atoms with Crippen molar-refractivity contribution in [3.8, 4) is 5.75 Å². The van der Waals surface area contributed by atoms with Gasteiger partial charge in [0.15, 0.2) is 0 Å². The molecular formula is C20H23N3O5. The summed E-state index contributed by atoms with van der Waals surface area (Å²) in [5.74, 6) is -1.54. The number of anilines is 1. The number of hydrogen-bond acceptors (Lipinski definition) is 5. The van der Waals surface area contributed by atoms with E-state index in [4.69, 9.17) is 9.84 Å². The fraction of sp³-hybridized carbons (Fsp3) is 0.250. The van der Waals surface area contributed by atoms with E-state index < -0.39 is 23.8 Å². The molecule has 0 spiro atoms. The van der Waals surface area contributed by atoms with E-state index in [1.165, 1.54) is 13.0 Å². The van der Waals surface area contributed by atoms with E-state index in [0.29, 0.717) is 5.75 Å². The fourth-order valence-electron chi connectivity index (χ4n) is 2.35. The SMILES string of the molecule is COc1cccc(CNC(=O)c2ccccc2NC(=O)C(=O)NC[C@@H](C)O)c1. The van der Waals surface area contributed by atoms with Crippen LogP contribution in [0.1, 0.15) is 22.8 Å². The van der Waals surface area contributed by atoms with Gasteiger partial charge in [0.2, 0.25) is 0 Å². The average Bonchev–Trinajstić information content (AvgIpc) is 2.70. The lowest BCUT2D eigenvalue weighted by atomic mass is 10.1. The number of para-hydroxylation sites is 1. The number of benzene rings is 2. The van der Waals surface area contributed by atoms with Crippen molar-refractivity contribution in [3.05, 3.63) is 59.7 Å². The molecule has 2 rings (SSSR count). The topological polar surface area (TPSA) is 117 Å². The monoisotopic (exact) mass is 385 g/mol. The van der Waals surface area contributed by atoms with Crippen molar-refractivity contribution in [3.63, 3.8) is 0 Å². The molecule has 0 aliphatic carbocycles. The van der Waals surface area contributed by atoms with E-state index in [0.717, 1.165) is 5.56 Å². The standard InChI is InChI=1S/C20H23N3O5/c1-13(24)11-21-19(26)20(27)23-17-9-4-3-8-16(17)18(25)22-12-14-6-5-7-15(10-14)28-2/h3-10,13,24H,11-12H2,1-2H3,(H,21,26)(H,22,25)(H,23,27)/t13-/m1/s1. The number of nitrogens with one attached hydrogen (secondary N) is 3. The maximum atomic E-state index is 12.5. The highest BCUT2D eigenvalue weighted by Crippen LogP contribution is 2.16. The Bertz CT molecular complexity index is 851. The van der Waals surface area contributed by atoms with Gasteiger partial charge in [0.05, 0.1) is 24.5 Å². The first-order valence-electron chi connectivity index (χ1n) is 8.68. The van der Waals surface area contributed by atoms with Crippen LogP contribution < -0.4 is 20.7 Å². The second-order valence-corrected chi connectivity index (χ2v) is 6.09. The van der Waals surface area contributed by atoms with E-state index in [-0.39, 0.29) is 24.3 Å². The molecule has 0 aliphatic rings. The summed E-state index contributed by atoms with van der Waals surface area (Å²) in [4.78, 5) is 36.3. The van der Waals surface area contributed by atoms with Crippen LogP contribution in [0.3, 0.4) is 0 Å². The van der Waals surface area contributed by atoms with Gasteiger partial charge in [-0.2, -0.15) is 0 Å². The van der Waals surface area contributed by atoms with Gasteiger partial charge in [-0.15, -0.1) is 0 Å². The largest absolute Gasteiger partial charge is 0.497 e. The number of ether oxygens (including phenoxy) is 1. The molecule has 148 valence electrons. The predicted octanol–water partition coefficient (Wildman–Crippen LogP) is 1.06. The van der Waals surface area contributed by atoms with Crippen molar-refractivity contribution < 1.29 is 24.2 Å². The minimum absolute atomic E-state index is 0.0467. The Morgan fingerprint density at radius 3 is 2.50 bits per heavy atom. The van der Waals surface area contributed by atoms with Crippen molar-refractivity contribution in [1.29, 1.82) is 0 Å². The van der Waals surface area contributed by atoms with Crippen LogP contribution in [-0.4, -0.2) is 42.6 Å². The molecule has 1 atom stereocenters. The molecule has 0 bridgehead atoms. The van der Waals surface area contributed by atoms with Gasteiger partial charge in [-0.25, -0.2) is 0 Å². The maximum absolute atomic E-state index is 12.5. The highest BCUT2D eigenvalue weighted by atomic mass is 16.5. The molecule has 2 aromatic carbocycles. The van der Waals surface area contributed by atoms with Crippen molar-refractivity contribution in [2.24, 2.45) is 0 Å². The van der Waals surface area contributed by atoms with Crippen molar-refractivity contribution >= 4 is 23.4 Å². The number of methoxy groups -OCH3 is 1. The molecule has 3 amide bonds. The molecule has 0 saturated carbocycles. The van der Waals surface area contributed by atoms with Gasteiger partial charge in [0.25, 0.3) is 5.91 Å². The van der Waals surface area contributed by atoms with Crippen molar-refractivity contribution in [2.45, 2.75) is 19.6 Å². The Balaban J connectivity index is 2.02. The molecule has 0 fully saturated rings. The lowest BCUT2D eigenvalue weighted by molar-refractivity contribution is -0.136. The third-order valence-electron chi connectivity index (χ3n) is 3.77. The molecule has 8 heteroatoms. The highest BCUT2D eigenvalue weighted by molar-refractivity contribution is 6.40. The molecule has 0 saturated heterocycles.